The highest BCUT2D eigenvalue weighted by atomic mass is 16.6. The molecule has 0 spiro atoms. The number of nitrogens with one attached hydrogen (secondary N) is 1. The summed E-state index contributed by atoms with van der Waals surface area (Å²) in [4.78, 5) is 16.9. The number of nitrogens with zero attached hydrogens (tertiary/aromatic N) is 5. The average Bonchev–Trinajstić information content (AvgIpc) is 3.26. The molecular formula is C18H15N7O2. The number of hydrogen-bond acceptors (Lipinski definition) is 7. The molecule has 27 heavy (non-hydrogen) atoms. The third-order valence-electron chi connectivity index (χ3n) is 3.88. The first-order valence-electron chi connectivity index (χ1n) is 8.13. The number of amides is 1. The highest BCUT2D eigenvalue weighted by Crippen LogP contribution is 2.26. The number of anilines is 1. The molecule has 3 N–H and O–H groups in total. The summed E-state index contributed by atoms with van der Waals surface area (Å²) >= 11 is 0. The number of carbonyl (C=O) groups excluding carboxylic acids is 1. The van der Waals surface area contributed by atoms with Crippen molar-refractivity contribution in [1.29, 1.82) is 0 Å². The van der Waals surface area contributed by atoms with Gasteiger partial charge in [0.2, 0.25) is 0 Å². The van der Waals surface area contributed by atoms with Gasteiger partial charge in [-0.1, -0.05) is 42.5 Å². The lowest BCUT2D eigenvalue weighted by Gasteiger charge is -2.06. The van der Waals surface area contributed by atoms with E-state index in [0.29, 0.717) is 11.3 Å². The predicted molar refractivity (Wildman–Crippen MR) is 99.6 cm³/mol. The van der Waals surface area contributed by atoms with Crippen molar-refractivity contribution < 1.29 is 9.42 Å². The van der Waals surface area contributed by atoms with E-state index < -0.39 is 0 Å². The number of fused-ring (bicyclic) bond motifs is 1. The third kappa shape index (κ3) is 3.38. The Morgan fingerprint density at radius 2 is 1.93 bits per heavy atom. The Balaban J connectivity index is 1.60. The molecule has 0 aliphatic heterocycles. The molecule has 0 aliphatic carbocycles. The monoisotopic (exact) mass is 361 g/mol. The van der Waals surface area contributed by atoms with E-state index in [1.807, 2.05) is 54.6 Å². The maximum Gasteiger partial charge on any atom is 0.260 e. The molecule has 9 nitrogen and oxygen atoms in total. The van der Waals surface area contributed by atoms with Crippen LogP contribution in [0.5, 0.6) is 0 Å². The molecule has 0 saturated carbocycles. The van der Waals surface area contributed by atoms with Crippen LogP contribution < -0.4 is 11.2 Å². The van der Waals surface area contributed by atoms with Gasteiger partial charge in [0, 0.05) is 0 Å². The lowest BCUT2D eigenvalue weighted by molar-refractivity contribution is -0.121. The van der Waals surface area contributed by atoms with E-state index >= 15 is 0 Å². The minimum Gasteiger partial charge on any atom is -0.379 e. The van der Waals surface area contributed by atoms with Crippen LogP contribution in [0, 0.1) is 0 Å². The van der Waals surface area contributed by atoms with Crippen LogP contribution in [0.15, 0.2) is 64.3 Å². The average molecular weight is 361 g/mol. The Bertz CT molecular complexity index is 1120. The van der Waals surface area contributed by atoms with Gasteiger partial charge in [0.1, 0.15) is 6.54 Å². The van der Waals surface area contributed by atoms with Crippen molar-refractivity contribution >= 4 is 29.0 Å². The van der Waals surface area contributed by atoms with E-state index in [2.05, 4.69) is 30.5 Å². The highest BCUT2D eigenvalue weighted by molar-refractivity contribution is 5.86. The minimum atomic E-state index is -0.318. The van der Waals surface area contributed by atoms with Gasteiger partial charge in [0.05, 0.1) is 17.2 Å². The molecule has 0 bridgehead atoms. The van der Waals surface area contributed by atoms with Gasteiger partial charge in [-0.25, -0.2) is 15.0 Å². The summed E-state index contributed by atoms with van der Waals surface area (Å²) in [6, 6.07) is 16.9. The molecule has 9 heteroatoms. The normalized spacial score (nSPS) is 11.3. The number of para-hydroxylation sites is 2. The number of aromatic nitrogens is 4. The van der Waals surface area contributed by atoms with Crippen LogP contribution >= 0.6 is 0 Å². The van der Waals surface area contributed by atoms with Crippen LogP contribution in [0.25, 0.3) is 22.6 Å². The van der Waals surface area contributed by atoms with E-state index in [-0.39, 0.29) is 24.0 Å². The van der Waals surface area contributed by atoms with Crippen molar-refractivity contribution in [1.82, 2.24) is 25.3 Å². The molecule has 0 fully saturated rings. The first-order chi connectivity index (χ1) is 13.2. The first-order valence-corrected chi connectivity index (χ1v) is 8.13. The van der Waals surface area contributed by atoms with Gasteiger partial charge in [0.15, 0.2) is 17.3 Å². The SMILES string of the molecule is Nc1nonc1-c1nc2ccccc2n1CC(=O)NN=Cc1ccccc1. The van der Waals surface area contributed by atoms with Gasteiger partial charge in [0.25, 0.3) is 5.91 Å². The Morgan fingerprint density at radius 3 is 2.70 bits per heavy atom. The first kappa shape index (κ1) is 16.5. The summed E-state index contributed by atoms with van der Waals surface area (Å²) in [5.41, 5.74) is 10.9. The van der Waals surface area contributed by atoms with Crippen molar-refractivity contribution in [3.05, 3.63) is 60.2 Å². The number of hydrazone groups is 1. The predicted octanol–water partition coefficient (Wildman–Crippen LogP) is 1.82. The minimum absolute atomic E-state index is 0.0196. The maximum absolute atomic E-state index is 12.4. The molecular weight excluding hydrogens is 346 g/mol. The second-order valence-corrected chi connectivity index (χ2v) is 5.71. The second-order valence-electron chi connectivity index (χ2n) is 5.71. The van der Waals surface area contributed by atoms with Crippen LogP contribution in [0.4, 0.5) is 5.82 Å². The van der Waals surface area contributed by atoms with Crippen molar-refractivity contribution in [2.45, 2.75) is 6.54 Å². The highest BCUT2D eigenvalue weighted by Gasteiger charge is 2.20. The summed E-state index contributed by atoms with van der Waals surface area (Å²) in [5, 5.41) is 11.4. The molecule has 134 valence electrons. The molecule has 4 aromatic rings. The van der Waals surface area contributed by atoms with Crippen LogP contribution in [-0.4, -0.2) is 32.0 Å². The summed E-state index contributed by atoms with van der Waals surface area (Å²) < 4.78 is 6.36. The molecule has 0 radical (unpaired) electrons. The van der Waals surface area contributed by atoms with Crippen LogP contribution in [-0.2, 0) is 11.3 Å². The van der Waals surface area contributed by atoms with E-state index in [1.165, 1.54) is 0 Å². The van der Waals surface area contributed by atoms with E-state index in [9.17, 15) is 4.79 Å². The largest absolute Gasteiger partial charge is 0.379 e. The molecule has 4 rings (SSSR count). The summed E-state index contributed by atoms with van der Waals surface area (Å²) in [6.45, 7) is -0.0196. The van der Waals surface area contributed by atoms with Gasteiger partial charge in [-0.2, -0.15) is 5.10 Å². The van der Waals surface area contributed by atoms with Gasteiger partial charge in [-0.15, -0.1) is 0 Å². The van der Waals surface area contributed by atoms with Gasteiger partial charge in [-0.05, 0) is 28.0 Å². The third-order valence-corrected chi connectivity index (χ3v) is 3.88. The van der Waals surface area contributed by atoms with E-state index in [1.54, 1.807) is 10.8 Å². The Kier molecular flexibility index (Phi) is 4.32. The van der Waals surface area contributed by atoms with Crippen molar-refractivity contribution in [3.63, 3.8) is 0 Å². The number of nitrogens with two attached hydrogens (primary N) is 1. The van der Waals surface area contributed by atoms with E-state index in [4.69, 9.17) is 5.73 Å². The Labute approximate surface area is 153 Å². The number of benzene rings is 2. The lowest BCUT2D eigenvalue weighted by Crippen LogP contribution is -2.23. The molecule has 2 aromatic heterocycles. The molecule has 2 heterocycles. The van der Waals surface area contributed by atoms with Crippen LogP contribution in [0.3, 0.4) is 0 Å². The molecule has 0 aliphatic rings. The molecule has 1 amide bonds. The fraction of sp³-hybridized carbons (Fsp3) is 0.0556. The Hall–Kier alpha value is -4.01. The van der Waals surface area contributed by atoms with E-state index in [0.717, 1.165) is 11.1 Å². The zero-order chi connectivity index (χ0) is 18.6. The van der Waals surface area contributed by atoms with Gasteiger partial charge < -0.3 is 10.3 Å². The summed E-state index contributed by atoms with van der Waals surface area (Å²) in [6.07, 6.45) is 1.57. The van der Waals surface area contributed by atoms with Gasteiger partial charge in [-0.3, -0.25) is 4.79 Å². The quantitative estimate of drug-likeness (QED) is 0.413. The zero-order valence-electron chi connectivity index (χ0n) is 14.1. The number of carbonyl (C=O) groups is 1. The molecule has 0 atom stereocenters. The maximum atomic E-state index is 12.4. The zero-order valence-corrected chi connectivity index (χ0v) is 14.1. The lowest BCUT2D eigenvalue weighted by atomic mass is 10.2. The van der Waals surface area contributed by atoms with Crippen molar-refractivity contribution in [3.8, 4) is 11.5 Å². The van der Waals surface area contributed by atoms with Crippen LogP contribution in [0.1, 0.15) is 5.56 Å². The topological polar surface area (TPSA) is 124 Å². The molecule has 2 aromatic carbocycles. The number of rotatable bonds is 5. The second kappa shape index (κ2) is 7.08. The summed E-state index contributed by atoms with van der Waals surface area (Å²) in [7, 11) is 0. The Morgan fingerprint density at radius 1 is 1.15 bits per heavy atom. The fourth-order valence-electron chi connectivity index (χ4n) is 2.66. The van der Waals surface area contributed by atoms with Crippen molar-refractivity contribution in [2.24, 2.45) is 5.10 Å². The fourth-order valence-corrected chi connectivity index (χ4v) is 2.66. The number of imidazole rings is 1. The van der Waals surface area contributed by atoms with Gasteiger partial charge >= 0.3 is 0 Å². The molecule has 0 saturated heterocycles. The number of nitrogen functional groups attached to an aromatic ring is 1. The van der Waals surface area contributed by atoms with Crippen LogP contribution in [0.2, 0.25) is 0 Å². The summed E-state index contributed by atoms with van der Waals surface area (Å²) in [5.74, 6) is 0.188. The van der Waals surface area contributed by atoms with Crippen molar-refractivity contribution in [2.75, 3.05) is 5.73 Å². The smallest absolute Gasteiger partial charge is 0.260 e. The number of hydrogen-bond donors (Lipinski definition) is 2. The standard InChI is InChI=1S/C18H15N7O2/c19-17-16(23-27-24-17)18-21-13-8-4-5-9-14(13)25(18)11-15(26)22-20-10-12-6-2-1-3-7-12/h1-10H,11H2,(H2,19,24)(H,22,26). The molecule has 0 unspecified atom stereocenters.